The summed E-state index contributed by atoms with van der Waals surface area (Å²) >= 11 is 5.91. The molecule has 1 aliphatic heterocycles. The summed E-state index contributed by atoms with van der Waals surface area (Å²) in [6, 6.07) is 5.90. The second-order valence-corrected chi connectivity index (χ2v) is 7.65. The summed E-state index contributed by atoms with van der Waals surface area (Å²) in [7, 11) is 0. The molecule has 0 saturated carbocycles. The van der Waals surface area contributed by atoms with Gasteiger partial charge in [-0.3, -0.25) is 4.79 Å². The van der Waals surface area contributed by atoms with Crippen LogP contribution in [0.4, 0.5) is 4.79 Å². The average Bonchev–Trinajstić information content (AvgIpc) is 2.86. The van der Waals surface area contributed by atoms with Crippen LogP contribution < -0.4 is 0 Å². The van der Waals surface area contributed by atoms with Gasteiger partial charge < -0.3 is 4.74 Å². The van der Waals surface area contributed by atoms with Crippen molar-refractivity contribution >= 4 is 29.4 Å². The first-order chi connectivity index (χ1) is 11.1. The lowest BCUT2D eigenvalue weighted by atomic mass is 10.1. The molecular weight excluding hydrogens is 330 g/mol. The number of ether oxygens (including phenoxy) is 1. The van der Waals surface area contributed by atoms with E-state index in [1.807, 2.05) is 0 Å². The largest absolute Gasteiger partial charge is 0.524 e. The van der Waals surface area contributed by atoms with Gasteiger partial charge in [-0.05, 0) is 39.8 Å². The molecule has 1 unspecified atom stereocenters. The number of Topliss-reactive ketones (excluding diaryl/α,β-unsaturated/α-hetero) is 1. The summed E-state index contributed by atoms with van der Waals surface area (Å²) in [6.45, 7) is 7.31. The first-order valence-electron chi connectivity index (χ1n) is 8.04. The van der Waals surface area contributed by atoms with Crippen molar-refractivity contribution in [2.45, 2.75) is 52.2 Å². The lowest BCUT2D eigenvalue weighted by Gasteiger charge is -2.33. The molecule has 1 fully saturated rings. The van der Waals surface area contributed by atoms with Gasteiger partial charge in [0.25, 0.3) is 5.78 Å². The van der Waals surface area contributed by atoms with E-state index in [-0.39, 0.29) is 18.2 Å². The van der Waals surface area contributed by atoms with Gasteiger partial charge in [-0.2, -0.15) is 9.28 Å². The Labute approximate surface area is 147 Å². The van der Waals surface area contributed by atoms with E-state index in [0.717, 1.165) is 0 Å². The van der Waals surface area contributed by atoms with Gasteiger partial charge in [0, 0.05) is 23.4 Å². The number of imide groups is 1. The quantitative estimate of drug-likeness (QED) is 0.459. The number of rotatable bonds is 2. The van der Waals surface area contributed by atoms with Crippen LogP contribution in [-0.4, -0.2) is 40.5 Å². The van der Waals surface area contributed by atoms with Crippen LogP contribution in [0.5, 0.6) is 0 Å². The lowest BCUT2D eigenvalue weighted by Crippen LogP contribution is -2.62. The summed E-state index contributed by atoms with van der Waals surface area (Å²) < 4.78 is 4.88. The molecule has 6 heteroatoms. The standard InChI is InChI=1S/C18H23ClNO4/c1-12-7-6-10-20(12,17(23)24-18(2,3)4)16(22)15(21)13-8-5-9-14(19)11-13/h5,8-9,11-12H,6-7,10H2,1-4H3/q+1/t12-,20?/m1/s1. The molecule has 1 heterocycles. The third kappa shape index (κ3) is 3.52. The third-order valence-electron chi connectivity index (χ3n) is 4.25. The first kappa shape index (κ1) is 18.6. The maximum absolute atomic E-state index is 13.0. The highest BCUT2D eigenvalue weighted by molar-refractivity contribution is 6.42. The van der Waals surface area contributed by atoms with Gasteiger partial charge in [-0.15, -0.1) is 0 Å². The molecule has 0 N–H and O–H groups in total. The summed E-state index contributed by atoms with van der Waals surface area (Å²) in [4.78, 5) is 38.5. The smallest absolute Gasteiger partial charge is 0.414 e. The number of hydrogen-bond acceptors (Lipinski definition) is 4. The molecule has 0 spiro atoms. The Morgan fingerprint density at radius 2 is 1.92 bits per heavy atom. The summed E-state index contributed by atoms with van der Waals surface area (Å²) in [5.41, 5.74) is -0.544. The van der Waals surface area contributed by atoms with Crippen molar-refractivity contribution in [1.82, 2.24) is 0 Å². The molecule has 2 atom stereocenters. The zero-order chi connectivity index (χ0) is 18.1. The number of carbonyl (C=O) groups excluding carboxylic acids is 3. The number of quaternary nitrogens is 1. The molecule has 1 aliphatic rings. The monoisotopic (exact) mass is 352 g/mol. The molecule has 5 nitrogen and oxygen atoms in total. The summed E-state index contributed by atoms with van der Waals surface area (Å²) in [5, 5.41) is 0.368. The Kier molecular flexibility index (Phi) is 5.16. The zero-order valence-electron chi connectivity index (χ0n) is 14.5. The summed E-state index contributed by atoms with van der Waals surface area (Å²) in [6.07, 6.45) is 0.718. The van der Waals surface area contributed by atoms with Crippen molar-refractivity contribution in [1.29, 1.82) is 0 Å². The van der Waals surface area contributed by atoms with E-state index in [0.29, 0.717) is 17.9 Å². The normalized spacial score (nSPS) is 23.8. The number of ketones is 1. The highest BCUT2D eigenvalue weighted by Crippen LogP contribution is 2.31. The molecule has 0 aromatic heterocycles. The Bertz CT molecular complexity index is 680. The van der Waals surface area contributed by atoms with Gasteiger partial charge in [0.15, 0.2) is 0 Å². The van der Waals surface area contributed by atoms with Crippen molar-refractivity contribution in [3.8, 4) is 0 Å². The van der Waals surface area contributed by atoms with Gasteiger partial charge in [0.2, 0.25) is 0 Å². The Morgan fingerprint density at radius 1 is 1.25 bits per heavy atom. The number of likely N-dealkylation sites (tertiary alicyclic amines) is 1. The van der Waals surface area contributed by atoms with Crippen LogP contribution in [0, 0.1) is 0 Å². The third-order valence-corrected chi connectivity index (χ3v) is 4.48. The van der Waals surface area contributed by atoms with Crippen molar-refractivity contribution < 1.29 is 23.6 Å². The van der Waals surface area contributed by atoms with Crippen LogP contribution in [0.2, 0.25) is 5.02 Å². The first-order valence-corrected chi connectivity index (χ1v) is 8.42. The van der Waals surface area contributed by atoms with Gasteiger partial charge in [0.05, 0.1) is 6.54 Å². The molecule has 2 rings (SSSR count). The van der Waals surface area contributed by atoms with E-state index < -0.39 is 27.9 Å². The van der Waals surface area contributed by atoms with Gasteiger partial charge in [-0.25, -0.2) is 4.79 Å². The fourth-order valence-corrected chi connectivity index (χ4v) is 3.20. The van der Waals surface area contributed by atoms with Crippen molar-refractivity contribution in [3.05, 3.63) is 34.9 Å². The molecule has 1 aromatic carbocycles. The maximum Gasteiger partial charge on any atom is 0.524 e. The van der Waals surface area contributed by atoms with Crippen molar-refractivity contribution in [2.24, 2.45) is 0 Å². The van der Waals surface area contributed by atoms with E-state index in [4.69, 9.17) is 16.3 Å². The average molecular weight is 353 g/mol. The predicted octanol–water partition coefficient (Wildman–Crippen LogP) is 3.98. The molecule has 0 aliphatic carbocycles. The molecule has 0 radical (unpaired) electrons. The van der Waals surface area contributed by atoms with E-state index in [1.165, 1.54) is 12.1 Å². The van der Waals surface area contributed by atoms with Crippen LogP contribution in [0.15, 0.2) is 24.3 Å². The van der Waals surface area contributed by atoms with E-state index in [1.54, 1.807) is 39.8 Å². The molecule has 1 aromatic rings. The Morgan fingerprint density at radius 3 is 2.42 bits per heavy atom. The topological polar surface area (TPSA) is 60.4 Å². The molecule has 0 bridgehead atoms. The maximum atomic E-state index is 13.0. The van der Waals surface area contributed by atoms with Crippen LogP contribution >= 0.6 is 11.6 Å². The zero-order valence-corrected chi connectivity index (χ0v) is 15.2. The highest BCUT2D eigenvalue weighted by atomic mass is 35.5. The van der Waals surface area contributed by atoms with E-state index in [9.17, 15) is 14.4 Å². The number of hydrogen-bond donors (Lipinski definition) is 0. The molecular formula is C18H23ClNO4+. The van der Waals surface area contributed by atoms with Crippen molar-refractivity contribution in [3.63, 3.8) is 0 Å². The van der Waals surface area contributed by atoms with Crippen LogP contribution in [0.3, 0.4) is 0 Å². The van der Waals surface area contributed by atoms with Crippen LogP contribution in [0.25, 0.3) is 0 Å². The fourth-order valence-electron chi connectivity index (χ4n) is 3.01. The van der Waals surface area contributed by atoms with Gasteiger partial charge in [-0.1, -0.05) is 23.7 Å². The minimum Gasteiger partial charge on any atom is -0.414 e. The number of amides is 2. The van der Waals surface area contributed by atoms with E-state index in [2.05, 4.69) is 0 Å². The number of halogens is 1. The number of nitrogens with zero attached hydrogens (tertiary/aromatic N) is 1. The van der Waals surface area contributed by atoms with E-state index >= 15 is 0 Å². The number of carbonyl (C=O) groups is 3. The fraction of sp³-hybridized carbons (Fsp3) is 0.500. The Balaban J connectivity index is 2.39. The van der Waals surface area contributed by atoms with Crippen molar-refractivity contribution in [2.75, 3.05) is 6.54 Å². The summed E-state index contributed by atoms with van der Waals surface area (Å²) in [5.74, 6) is -1.46. The van der Waals surface area contributed by atoms with Crippen LogP contribution in [0.1, 0.15) is 50.9 Å². The highest BCUT2D eigenvalue weighted by Gasteiger charge is 2.57. The van der Waals surface area contributed by atoms with Gasteiger partial charge >= 0.3 is 12.0 Å². The minimum absolute atomic E-state index is 0.188. The molecule has 1 saturated heterocycles. The van der Waals surface area contributed by atoms with Gasteiger partial charge in [0.1, 0.15) is 11.6 Å². The second kappa shape index (κ2) is 6.65. The molecule has 2 amide bonds. The molecule has 24 heavy (non-hydrogen) atoms. The molecule has 130 valence electrons. The SMILES string of the molecule is C[C@@H]1CCC[N+]1(C(=O)OC(C)(C)C)C(=O)C(=O)c1cccc(Cl)c1. The number of benzene rings is 1. The minimum atomic E-state index is -0.753. The second-order valence-electron chi connectivity index (χ2n) is 7.21. The lowest BCUT2D eigenvalue weighted by molar-refractivity contribution is -0.790. The van der Waals surface area contributed by atoms with Crippen LogP contribution in [-0.2, 0) is 9.53 Å². The Hall–Kier alpha value is -1.72. The predicted molar refractivity (Wildman–Crippen MR) is 90.8 cm³/mol.